The molecule has 0 bridgehead atoms. The molecule has 114 valence electrons. The lowest BCUT2D eigenvalue weighted by Gasteiger charge is -2.24. The van der Waals surface area contributed by atoms with Crippen LogP contribution in [0.15, 0.2) is 10.7 Å². The Hall–Kier alpha value is -0.680. The summed E-state index contributed by atoms with van der Waals surface area (Å²) in [5.74, 6) is 2.48. The second-order valence-electron chi connectivity index (χ2n) is 5.98. The predicted molar refractivity (Wildman–Crippen MR) is 89.1 cm³/mol. The third kappa shape index (κ3) is 6.66. The molecular weight excluding hydrogens is 316 g/mol. The van der Waals surface area contributed by atoms with Crippen molar-refractivity contribution >= 4 is 21.7 Å². The van der Waals surface area contributed by atoms with E-state index in [1.165, 1.54) is 0 Å². The highest BCUT2D eigenvalue weighted by Gasteiger charge is 2.13. The fraction of sp³-hybridized carbons (Fsp3) is 0.733. The minimum absolute atomic E-state index is 0.404. The first-order valence-electron chi connectivity index (χ1n) is 7.35. The molecule has 0 aliphatic heterocycles. The molecule has 1 aromatic rings. The van der Waals surface area contributed by atoms with Gasteiger partial charge in [-0.05, 0) is 48.8 Å². The molecule has 0 saturated carbocycles. The number of aryl methyl sites for hydroxylation is 1. The number of likely N-dealkylation sites (N-methyl/N-ethyl adjacent to an activating group) is 1. The monoisotopic (exact) mass is 342 g/mol. The molecule has 1 heterocycles. The van der Waals surface area contributed by atoms with Gasteiger partial charge in [0.05, 0.1) is 0 Å². The summed E-state index contributed by atoms with van der Waals surface area (Å²) < 4.78 is 0.853. The average Bonchev–Trinajstić information content (AvgIpc) is 2.26. The van der Waals surface area contributed by atoms with Crippen LogP contribution in [0.3, 0.4) is 0 Å². The molecule has 1 N–H and O–H groups in total. The van der Waals surface area contributed by atoms with Crippen LogP contribution < -0.4 is 5.32 Å². The van der Waals surface area contributed by atoms with Gasteiger partial charge in [0.15, 0.2) is 0 Å². The first kappa shape index (κ1) is 17.4. The van der Waals surface area contributed by atoms with E-state index >= 15 is 0 Å². The van der Waals surface area contributed by atoms with E-state index < -0.39 is 0 Å². The highest BCUT2D eigenvalue weighted by Crippen LogP contribution is 2.16. The summed E-state index contributed by atoms with van der Waals surface area (Å²) in [6, 6.07) is 2.36. The molecule has 0 amide bonds. The lowest BCUT2D eigenvalue weighted by Crippen LogP contribution is -2.33. The minimum Gasteiger partial charge on any atom is -0.366 e. The van der Waals surface area contributed by atoms with Crippen molar-refractivity contribution in [2.75, 3.05) is 26.0 Å². The molecule has 0 aromatic carbocycles. The standard InChI is InChI=1S/C15H27BrN4/c1-6-7-14-18-13(16)9-15(19-14)17-12(8-11(2)3)10-20(4)5/h9,11-12H,6-8,10H2,1-5H3,(H,17,18,19). The SMILES string of the molecule is CCCc1nc(Br)cc(NC(CC(C)C)CN(C)C)n1. The summed E-state index contributed by atoms with van der Waals surface area (Å²) in [5, 5.41) is 3.56. The highest BCUT2D eigenvalue weighted by atomic mass is 79.9. The molecule has 0 fully saturated rings. The van der Waals surface area contributed by atoms with Gasteiger partial charge in [0.1, 0.15) is 16.2 Å². The van der Waals surface area contributed by atoms with Crippen LogP contribution in [-0.2, 0) is 6.42 Å². The van der Waals surface area contributed by atoms with Gasteiger partial charge in [-0.15, -0.1) is 0 Å². The number of hydrogen-bond donors (Lipinski definition) is 1. The van der Waals surface area contributed by atoms with Crippen LogP contribution in [-0.4, -0.2) is 41.5 Å². The van der Waals surface area contributed by atoms with Gasteiger partial charge >= 0.3 is 0 Å². The van der Waals surface area contributed by atoms with Crippen molar-refractivity contribution < 1.29 is 0 Å². The first-order chi connectivity index (χ1) is 9.40. The van der Waals surface area contributed by atoms with Gasteiger partial charge in [0.2, 0.25) is 0 Å². The van der Waals surface area contributed by atoms with Crippen molar-refractivity contribution in [1.82, 2.24) is 14.9 Å². The molecule has 4 nitrogen and oxygen atoms in total. The minimum atomic E-state index is 0.404. The van der Waals surface area contributed by atoms with E-state index in [1.54, 1.807) is 0 Å². The maximum atomic E-state index is 4.61. The van der Waals surface area contributed by atoms with Crippen molar-refractivity contribution in [2.45, 2.75) is 46.1 Å². The average molecular weight is 343 g/mol. The Labute approximate surface area is 131 Å². The lowest BCUT2D eigenvalue weighted by molar-refractivity contribution is 0.356. The van der Waals surface area contributed by atoms with Crippen molar-refractivity contribution in [3.8, 4) is 0 Å². The van der Waals surface area contributed by atoms with E-state index in [1.807, 2.05) is 6.07 Å². The Morgan fingerprint density at radius 2 is 2.00 bits per heavy atom. The quantitative estimate of drug-likeness (QED) is 0.733. The predicted octanol–water partition coefficient (Wildman–Crippen LogP) is 3.58. The Morgan fingerprint density at radius 1 is 1.30 bits per heavy atom. The third-order valence-corrected chi connectivity index (χ3v) is 3.31. The van der Waals surface area contributed by atoms with Crippen molar-refractivity contribution in [3.05, 3.63) is 16.5 Å². The van der Waals surface area contributed by atoms with Gasteiger partial charge < -0.3 is 10.2 Å². The number of nitrogens with zero attached hydrogens (tertiary/aromatic N) is 3. The molecule has 0 saturated heterocycles. The number of aromatic nitrogens is 2. The number of anilines is 1. The first-order valence-corrected chi connectivity index (χ1v) is 8.14. The van der Waals surface area contributed by atoms with E-state index in [0.29, 0.717) is 12.0 Å². The number of rotatable bonds is 8. The van der Waals surface area contributed by atoms with Crippen LogP contribution in [0.5, 0.6) is 0 Å². The van der Waals surface area contributed by atoms with E-state index in [2.05, 4.69) is 71.0 Å². The fourth-order valence-electron chi connectivity index (χ4n) is 2.27. The topological polar surface area (TPSA) is 41.1 Å². The molecule has 0 spiro atoms. The molecule has 0 aliphatic carbocycles. The molecule has 5 heteroatoms. The van der Waals surface area contributed by atoms with Crippen LogP contribution in [0, 0.1) is 5.92 Å². The van der Waals surface area contributed by atoms with E-state index in [4.69, 9.17) is 0 Å². The van der Waals surface area contributed by atoms with Crippen molar-refractivity contribution in [1.29, 1.82) is 0 Å². The van der Waals surface area contributed by atoms with Crippen molar-refractivity contribution in [2.24, 2.45) is 5.92 Å². The van der Waals surface area contributed by atoms with Gasteiger partial charge in [-0.2, -0.15) is 0 Å². The molecule has 0 aliphatic rings. The number of nitrogens with one attached hydrogen (secondary N) is 1. The van der Waals surface area contributed by atoms with Gasteiger partial charge in [0, 0.05) is 25.1 Å². The Morgan fingerprint density at radius 3 is 2.55 bits per heavy atom. The van der Waals surface area contributed by atoms with Crippen LogP contribution in [0.4, 0.5) is 5.82 Å². The molecule has 1 atom stereocenters. The lowest BCUT2D eigenvalue weighted by atomic mass is 10.0. The highest BCUT2D eigenvalue weighted by molar-refractivity contribution is 9.10. The van der Waals surface area contributed by atoms with Crippen LogP contribution in [0.1, 0.15) is 39.4 Å². The summed E-state index contributed by atoms with van der Waals surface area (Å²) in [5.41, 5.74) is 0. The van der Waals surface area contributed by atoms with Crippen molar-refractivity contribution in [3.63, 3.8) is 0 Å². The van der Waals surface area contributed by atoms with Gasteiger partial charge in [-0.25, -0.2) is 9.97 Å². The summed E-state index contributed by atoms with van der Waals surface area (Å²) in [6.07, 6.45) is 3.10. The van der Waals surface area contributed by atoms with E-state index in [0.717, 1.165) is 42.1 Å². The summed E-state index contributed by atoms with van der Waals surface area (Å²) >= 11 is 3.47. The molecular formula is C15H27BrN4. The molecule has 1 unspecified atom stereocenters. The maximum absolute atomic E-state index is 4.61. The van der Waals surface area contributed by atoms with Gasteiger partial charge in [-0.3, -0.25) is 0 Å². The zero-order valence-electron chi connectivity index (χ0n) is 13.3. The second-order valence-corrected chi connectivity index (χ2v) is 6.79. The Kier molecular flexibility index (Phi) is 7.45. The Bertz CT molecular complexity index is 397. The zero-order chi connectivity index (χ0) is 15.1. The van der Waals surface area contributed by atoms with E-state index in [9.17, 15) is 0 Å². The summed E-state index contributed by atoms with van der Waals surface area (Å²) in [6.45, 7) is 7.65. The van der Waals surface area contributed by atoms with Gasteiger partial charge in [-0.1, -0.05) is 20.8 Å². The third-order valence-electron chi connectivity index (χ3n) is 2.91. The molecule has 0 radical (unpaired) electrons. The molecule has 20 heavy (non-hydrogen) atoms. The fourth-order valence-corrected chi connectivity index (χ4v) is 2.69. The normalized spacial score (nSPS) is 13.0. The number of halogens is 1. The largest absolute Gasteiger partial charge is 0.366 e. The van der Waals surface area contributed by atoms with Crippen LogP contribution in [0.25, 0.3) is 0 Å². The second kappa shape index (κ2) is 8.57. The smallest absolute Gasteiger partial charge is 0.132 e. The van der Waals surface area contributed by atoms with Gasteiger partial charge in [0.25, 0.3) is 0 Å². The Balaban J connectivity index is 2.80. The summed E-state index contributed by atoms with van der Waals surface area (Å²) in [4.78, 5) is 11.2. The maximum Gasteiger partial charge on any atom is 0.132 e. The zero-order valence-corrected chi connectivity index (χ0v) is 14.9. The van der Waals surface area contributed by atoms with E-state index in [-0.39, 0.29) is 0 Å². The van der Waals surface area contributed by atoms with Crippen LogP contribution >= 0.6 is 15.9 Å². The number of hydrogen-bond acceptors (Lipinski definition) is 4. The molecule has 1 rings (SSSR count). The summed E-state index contributed by atoms with van der Waals surface area (Å²) in [7, 11) is 4.21. The van der Waals surface area contributed by atoms with Crippen LogP contribution in [0.2, 0.25) is 0 Å². The molecule has 1 aromatic heterocycles.